The molecule has 6 heteroatoms. The average Bonchev–Trinajstić information content (AvgIpc) is 2.29. The van der Waals surface area contributed by atoms with Gasteiger partial charge in [-0.1, -0.05) is 25.2 Å². The van der Waals surface area contributed by atoms with Crippen molar-refractivity contribution in [1.29, 1.82) is 0 Å². The molecular formula is C11H12F2N2OS. The van der Waals surface area contributed by atoms with E-state index in [9.17, 15) is 13.6 Å². The number of hydrogen-bond donors (Lipinski definition) is 2. The van der Waals surface area contributed by atoms with Crippen LogP contribution in [0.2, 0.25) is 0 Å². The molecule has 92 valence electrons. The van der Waals surface area contributed by atoms with Crippen LogP contribution in [0.3, 0.4) is 0 Å². The normalized spacial score (nSPS) is 11.9. The van der Waals surface area contributed by atoms with E-state index in [0.717, 1.165) is 6.07 Å². The molecule has 1 rings (SSSR count). The van der Waals surface area contributed by atoms with Crippen molar-refractivity contribution in [2.75, 3.05) is 6.54 Å². The van der Waals surface area contributed by atoms with E-state index >= 15 is 0 Å². The number of nitrogens with one attached hydrogen (secondary N) is 1. The topological polar surface area (TPSA) is 55.1 Å². The molecule has 0 saturated heterocycles. The minimum absolute atomic E-state index is 0.185. The minimum atomic E-state index is -1.16. The molecule has 0 radical (unpaired) electrons. The Morgan fingerprint density at radius 2 is 2.18 bits per heavy atom. The smallest absolute Gasteiger partial charge is 0.254 e. The van der Waals surface area contributed by atoms with Crippen LogP contribution >= 0.6 is 12.2 Å². The SMILES string of the molecule is CC(CNC(=O)c1cccc(F)c1F)C(N)=S. The van der Waals surface area contributed by atoms with Crippen LogP contribution in [-0.2, 0) is 0 Å². The molecule has 0 bridgehead atoms. The Bertz CT molecular complexity index is 451. The van der Waals surface area contributed by atoms with E-state index < -0.39 is 17.5 Å². The molecule has 1 unspecified atom stereocenters. The van der Waals surface area contributed by atoms with Gasteiger partial charge in [-0.05, 0) is 12.1 Å². The van der Waals surface area contributed by atoms with E-state index in [4.69, 9.17) is 18.0 Å². The summed E-state index contributed by atoms with van der Waals surface area (Å²) >= 11 is 4.73. The summed E-state index contributed by atoms with van der Waals surface area (Å²) < 4.78 is 26.1. The summed E-state index contributed by atoms with van der Waals surface area (Å²) in [4.78, 5) is 11.8. The summed E-state index contributed by atoms with van der Waals surface area (Å²) in [5.41, 5.74) is 5.03. The number of nitrogens with two attached hydrogens (primary N) is 1. The van der Waals surface area contributed by atoms with Gasteiger partial charge in [0.1, 0.15) is 0 Å². The predicted molar refractivity (Wildman–Crippen MR) is 64.6 cm³/mol. The second-order valence-electron chi connectivity index (χ2n) is 3.61. The van der Waals surface area contributed by atoms with Gasteiger partial charge in [-0.3, -0.25) is 4.79 Å². The molecule has 0 aromatic heterocycles. The molecule has 1 atom stereocenters. The Labute approximate surface area is 103 Å². The van der Waals surface area contributed by atoms with Crippen LogP contribution in [-0.4, -0.2) is 17.4 Å². The van der Waals surface area contributed by atoms with E-state index in [0.29, 0.717) is 0 Å². The van der Waals surface area contributed by atoms with Crippen molar-refractivity contribution in [2.24, 2.45) is 11.7 Å². The number of carbonyl (C=O) groups excluding carboxylic acids is 1. The van der Waals surface area contributed by atoms with Crippen LogP contribution in [0.25, 0.3) is 0 Å². The average molecular weight is 258 g/mol. The van der Waals surface area contributed by atoms with Crippen LogP contribution in [0.1, 0.15) is 17.3 Å². The molecule has 0 heterocycles. The summed E-state index contributed by atoms with van der Waals surface area (Å²) in [6, 6.07) is 3.42. The van der Waals surface area contributed by atoms with E-state index in [1.807, 2.05) is 0 Å². The van der Waals surface area contributed by atoms with Crippen LogP contribution in [0, 0.1) is 17.6 Å². The number of thiocarbonyl (C=S) groups is 1. The van der Waals surface area contributed by atoms with E-state index in [-0.39, 0.29) is 23.0 Å². The van der Waals surface area contributed by atoms with Gasteiger partial charge in [-0.15, -0.1) is 0 Å². The highest BCUT2D eigenvalue weighted by atomic mass is 32.1. The summed E-state index contributed by atoms with van der Waals surface area (Å²) in [5, 5.41) is 2.44. The second kappa shape index (κ2) is 5.67. The van der Waals surface area contributed by atoms with Crippen molar-refractivity contribution in [3.05, 3.63) is 35.4 Å². The first-order chi connectivity index (χ1) is 7.93. The van der Waals surface area contributed by atoms with Crippen LogP contribution in [0.5, 0.6) is 0 Å². The molecule has 0 fully saturated rings. The number of benzene rings is 1. The molecule has 1 aromatic rings. The van der Waals surface area contributed by atoms with Gasteiger partial charge >= 0.3 is 0 Å². The molecule has 0 spiro atoms. The Balaban J connectivity index is 2.71. The zero-order valence-corrected chi connectivity index (χ0v) is 9.98. The number of carbonyl (C=O) groups is 1. The number of rotatable bonds is 4. The molecular weight excluding hydrogens is 246 g/mol. The monoisotopic (exact) mass is 258 g/mol. The first-order valence-electron chi connectivity index (χ1n) is 4.95. The predicted octanol–water partition coefficient (Wildman–Crippen LogP) is 1.62. The highest BCUT2D eigenvalue weighted by Gasteiger charge is 2.15. The van der Waals surface area contributed by atoms with E-state index in [1.54, 1.807) is 6.92 Å². The van der Waals surface area contributed by atoms with Crippen molar-refractivity contribution in [3.63, 3.8) is 0 Å². The molecule has 0 aliphatic heterocycles. The van der Waals surface area contributed by atoms with Crippen molar-refractivity contribution < 1.29 is 13.6 Å². The number of amides is 1. The summed E-state index contributed by atoms with van der Waals surface area (Å²) in [5.74, 6) is -3.11. The fourth-order valence-electron chi connectivity index (χ4n) is 1.12. The zero-order valence-electron chi connectivity index (χ0n) is 9.17. The van der Waals surface area contributed by atoms with Crippen LogP contribution < -0.4 is 11.1 Å². The maximum Gasteiger partial charge on any atom is 0.254 e. The third-order valence-electron chi connectivity index (χ3n) is 2.25. The first-order valence-corrected chi connectivity index (χ1v) is 5.35. The van der Waals surface area contributed by atoms with Gasteiger partial charge < -0.3 is 11.1 Å². The van der Waals surface area contributed by atoms with Gasteiger partial charge in [0.2, 0.25) is 0 Å². The lowest BCUT2D eigenvalue weighted by atomic mass is 10.1. The summed E-state index contributed by atoms with van der Waals surface area (Å²) in [6.45, 7) is 1.91. The van der Waals surface area contributed by atoms with Gasteiger partial charge in [-0.25, -0.2) is 8.78 Å². The molecule has 0 aliphatic rings. The molecule has 0 aliphatic carbocycles. The molecule has 1 aromatic carbocycles. The van der Waals surface area contributed by atoms with E-state index in [2.05, 4.69) is 5.32 Å². The number of hydrogen-bond acceptors (Lipinski definition) is 2. The molecule has 3 N–H and O–H groups in total. The lowest BCUT2D eigenvalue weighted by molar-refractivity contribution is 0.0946. The molecule has 17 heavy (non-hydrogen) atoms. The van der Waals surface area contributed by atoms with Gasteiger partial charge in [0, 0.05) is 12.5 Å². The fraction of sp³-hybridized carbons (Fsp3) is 0.273. The van der Waals surface area contributed by atoms with Crippen molar-refractivity contribution in [3.8, 4) is 0 Å². The highest BCUT2D eigenvalue weighted by Crippen LogP contribution is 2.11. The largest absolute Gasteiger partial charge is 0.393 e. The summed E-state index contributed by atoms with van der Waals surface area (Å²) in [7, 11) is 0. The Morgan fingerprint density at radius 3 is 2.76 bits per heavy atom. The van der Waals surface area contributed by atoms with Gasteiger partial charge in [-0.2, -0.15) is 0 Å². The van der Waals surface area contributed by atoms with Crippen molar-refractivity contribution in [2.45, 2.75) is 6.92 Å². The third kappa shape index (κ3) is 3.45. The van der Waals surface area contributed by atoms with Crippen molar-refractivity contribution >= 4 is 23.1 Å². The quantitative estimate of drug-likeness (QED) is 0.807. The third-order valence-corrected chi connectivity index (χ3v) is 2.65. The van der Waals surface area contributed by atoms with E-state index in [1.165, 1.54) is 12.1 Å². The highest BCUT2D eigenvalue weighted by molar-refractivity contribution is 7.80. The second-order valence-corrected chi connectivity index (χ2v) is 4.09. The number of halogens is 2. The van der Waals surface area contributed by atoms with Gasteiger partial charge in [0.25, 0.3) is 5.91 Å². The Morgan fingerprint density at radius 1 is 1.53 bits per heavy atom. The molecule has 0 saturated carbocycles. The van der Waals surface area contributed by atoms with Crippen LogP contribution in [0.4, 0.5) is 8.78 Å². The lowest BCUT2D eigenvalue weighted by Crippen LogP contribution is -2.34. The lowest BCUT2D eigenvalue weighted by Gasteiger charge is -2.11. The standard InChI is InChI=1S/C11H12F2N2OS/c1-6(10(14)17)5-15-11(16)7-3-2-4-8(12)9(7)13/h2-4,6H,5H2,1H3,(H2,14,17)(H,15,16). The maximum atomic E-state index is 13.2. The molecule has 1 amide bonds. The maximum absolute atomic E-state index is 13.2. The zero-order chi connectivity index (χ0) is 13.0. The fourth-order valence-corrected chi connectivity index (χ4v) is 1.20. The Hall–Kier alpha value is -1.56. The van der Waals surface area contributed by atoms with Gasteiger partial charge in [0.05, 0.1) is 10.6 Å². The van der Waals surface area contributed by atoms with Gasteiger partial charge in [0.15, 0.2) is 11.6 Å². The minimum Gasteiger partial charge on any atom is -0.393 e. The Kier molecular flexibility index (Phi) is 4.51. The van der Waals surface area contributed by atoms with Crippen LogP contribution in [0.15, 0.2) is 18.2 Å². The molecule has 3 nitrogen and oxygen atoms in total. The van der Waals surface area contributed by atoms with Crippen molar-refractivity contribution in [1.82, 2.24) is 5.32 Å². The summed E-state index contributed by atoms with van der Waals surface area (Å²) in [6.07, 6.45) is 0. The first kappa shape index (κ1) is 13.5.